The summed E-state index contributed by atoms with van der Waals surface area (Å²) < 4.78 is 0. The van der Waals surface area contributed by atoms with Crippen molar-refractivity contribution >= 4 is 17.6 Å². The van der Waals surface area contributed by atoms with Crippen LogP contribution in [0.5, 0.6) is 0 Å². The molecule has 1 amide bonds. The minimum atomic E-state index is -0.960. The van der Waals surface area contributed by atoms with Gasteiger partial charge in [0.2, 0.25) is 5.91 Å². The quantitative estimate of drug-likeness (QED) is 0.865. The standard InChI is InChI=1S/C14H14N2O3/c1-14(2)10(11(14)13(18)19)12(17)16-9-6-4-3-5-8(9)7-15/h3-6,10-11H,1-2H3,(H,16,17)(H,18,19)/t10-,11+/m1/s1. The van der Waals surface area contributed by atoms with Crippen LogP contribution in [0.15, 0.2) is 24.3 Å². The summed E-state index contributed by atoms with van der Waals surface area (Å²) in [6.45, 7) is 3.51. The molecule has 1 aromatic rings. The fraction of sp³-hybridized carbons (Fsp3) is 0.357. The molecule has 2 atom stereocenters. The highest BCUT2D eigenvalue weighted by Crippen LogP contribution is 2.58. The number of benzene rings is 1. The molecule has 5 heteroatoms. The highest BCUT2D eigenvalue weighted by Gasteiger charge is 2.65. The molecular formula is C14H14N2O3. The molecule has 1 aliphatic carbocycles. The number of rotatable bonds is 3. The van der Waals surface area contributed by atoms with Gasteiger partial charge in [-0.15, -0.1) is 0 Å². The zero-order valence-corrected chi connectivity index (χ0v) is 10.7. The van der Waals surface area contributed by atoms with E-state index < -0.39 is 23.2 Å². The van der Waals surface area contributed by atoms with Crippen LogP contribution in [0.2, 0.25) is 0 Å². The monoisotopic (exact) mass is 258 g/mol. The molecule has 1 saturated carbocycles. The van der Waals surface area contributed by atoms with E-state index in [1.165, 1.54) is 0 Å². The van der Waals surface area contributed by atoms with E-state index in [9.17, 15) is 9.59 Å². The first-order valence-electron chi connectivity index (χ1n) is 5.92. The molecule has 0 saturated heterocycles. The lowest BCUT2D eigenvalue weighted by Crippen LogP contribution is -2.18. The Bertz CT molecular complexity index is 587. The van der Waals surface area contributed by atoms with E-state index in [-0.39, 0.29) is 5.91 Å². The number of carbonyl (C=O) groups excluding carboxylic acids is 1. The number of nitrogens with zero attached hydrogens (tertiary/aromatic N) is 1. The second-order valence-corrected chi connectivity index (χ2v) is 5.26. The lowest BCUT2D eigenvalue weighted by atomic mass is 10.1. The summed E-state index contributed by atoms with van der Waals surface area (Å²) >= 11 is 0. The molecule has 2 N–H and O–H groups in total. The van der Waals surface area contributed by atoms with Crippen molar-refractivity contribution in [3.05, 3.63) is 29.8 Å². The van der Waals surface area contributed by atoms with Gasteiger partial charge in [0.1, 0.15) is 6.07 Å². The maximum Gasteiger partial charge on any atom is 0.307 e. The van der Waals surface area contributed by atoms with Gasteiger partial charge in [-0.05, 0) is 17.5 Å². The van der Waals surface area contributed by atoms with Crippen LogP contribution in [-0.2, 0) is 9.59 Å². The lowest BCUT2D eigenvalue weighted by Gasteiger charge is -2.07. The second-order valence-electron chi connectivity index (χ2n) is 5.26. The fourth-order valence-electron chi connectivity index (χ4n) is 2.49. The van der Waals surface area contributed by atoms with Crippen LogP contribution in [0.1, 0.15) is 19.4 Å². The first kappa shape index (κ1) is 13.1. The van der Waals surface area contributed by atoms with E-state index in [1.807, 2.05) is 6.07 Å². The van der Waals surface area contributed by atoms with Crippen molar-refractivity contribution in [3.8, 4) is 6.07 Å². The number of anilines is 1. The molecule has 0 radical (unpaired) electrons. The van der Waals surface area contributed by atoms with Crippen molar-refractivity contribution in [2.45, 2.75) is 13.8 Å². The van der Waals surface area contributed by atoms with Crippen molar-refractivity contribution in [1.29, 1.82) is 5.26 Å². The van der Waals surface area contributed by atoms with Gasteiger partial charge in [-0.3, -0.25) is 9.59 Å². The molecular weight excluding hydrogens is 244 g/mol. The number of amides is 1. The summed E-state index contributed by atoms with van der Waals surface area (Å²) in [5.74, 6) is -2.53. The van der Waals surface area contributed by atoms with Crippen LogP contribution in [0.3, 0.4) is 0 Å². The first-order valence-corrected chi connectivity index (χ1v) is 5.92. The molecule has 0 bridgehead atoms. The van der Waals surface area contributed by atoms with Crippen LogP contribution in [-0.4, -0.2) is 17.0 Å². The maximum atomic E-state index is 12.1. The van der Waals surface area contributed by atoms with Gasteiger partial charge < -0.3 is 10.4 Å². The van der Waals surface area contributed by atoms with Crippen LogP contribution < -0.4 is 5.32 Å². The largest absolute Gasteiger partial charge is 0.481 e. The molecule has 1 aromatic carbocycles. The lowest BCUT2D eigenvalue weighted by molar-refractivity contribution is -0.140. The van der Waals surface area contributed by atoms with Crippen LogP contribution in [0.25, 0.3) is 0 Å². The van der Waals surface area contributed by atoms with Gasteiger partial charge in [-0.25, -0.2) is 0 Å². The van der Waals surface area contributed by atoms with E-state index in [1.54, 1.807) is 38.1 Å². The predicted octanol–water partition coefficient (Wildman–Crippen LogP) is 1.85. The molecule has 0 unspecified atom stereocenters. The van der Waals surface area contributed by atoms with E-state index >= 15 is 0 Å². The second kappa shape index (κ2) is 4.39. The number of hydrogen-bond acceptors (Lipinski definition) is 3. The van der Waals surface area contributed by atoms with Gasteiger partial charge in [0.05, 0.1) is 23.1 Å². The molecule has 0 aromatic heterocycles. The number of para-hydroxylation sites is 1. The molecule has 98 valence electrons. The summed E-state index contributed by atoms with van der Waals surface area (Å²) in [6.07, 6.45) is 0. The van der Waals surface area contributed by atoms with E-state index in [2.05, 4.69) is 5.32 Å². The van der Waals surface area contributed by atoms with Gasteiger partial charge in [-0.1, -0.05) is 26.0 Å². The minimum absolute atomic E-state index is 0.347. The van der Waals surface area contributed by atoms with Crippen molar-refractivity contribution < 1.29 is 14.7 Å². The average Bonchev–Trinajstić information content (AvgIpc) is 2.93. The molecule has 0 spiro atoms. The molecule has 2 rings (SSSR count). The summed E-state index contributed by atoms with van der Waals surface area (Å²) in [6, 6.07) is 8.63. The Hall–Kier alpha value is -2.35. The molecule has 0 heterocycles. The predicted molar refractivity (Wildman–Crippen MR) is 68.2 cm³/mol. The summed E-state index contributed by atoms with van der Waals surface area (Å²) in [4.78, 5) is 23.1. The summed E-state index contributed by atoms with van der Waals surface area (Å²) in [5.41, 5.74) is 0.236. The van der Waals surface area contributed by atoms with Crippen LogP contribution in [0, 0.1) is 28.6 Å². The Morgan fingerprint density at radius 3 is 2.47 bits per heavy atom. The van der Waals surface area contributed by atoms with Crippen molar-refractivity contribution in [2.75, 3.05) is 5.32 Å². The number of hydrogen-bond donors (Lipinski definition) is 2. The highest BCUT2D eigenvalue weighted by atomic mass is 16.4. The van der Waals surface area contributed by atoms with Crippen molar-refractivity contribution in [1.82, 2.24) is 0 Å². The normalized spacial score (nSPS) is 23.2. The number of carboxylic acid groups (broad SMARTS) is 1. The third kappa shape index (κ3) is 2.17. The minimum Gasteiger partial charge on any atom is -0.481 e. The average molecular weight is 258 g/mol. The Balaban J connectivity index is 2.16. The zero-order chi connectivity index (χ0) is 14.2. The highest BCUT2D eigenvalue weighted by molar-refractivity contribution is 6.00. The Morgan fingerprint density at radius 2 is 1.95 bits per heavy atom. The number of carboxylic acids is 1. The topological polar surface area (TPSA) is 90.2 Å². The molecule has 0 aliphatic heterocycles. The molecule has 5 nitrogen and oxygen atoms in total. The number of carbonyl (C=O) groups is 2. The smallest absolute Gasteiger partial charge is 0.307 e. The number of aliphatic carboxylic acids is 1. The summed E-state index contributed by atoms with van der Waals surface area (Å²) in [5, 5.41) is 20.6. The van der Waals surface area contributed by atoms with Gasteiger partial charge in [0.15, 0.2) is 0 Å². The first-order chi connectivity index (χ1) is 8.89. The SMILES string of the molecule is CC1(C)[C@H](C(=O)O)[C@@H]1C(=O)Nc1ccccc1C#N. The third-order valence-corrected chi connectivity index (χ3v) is 3.68. The van der Waals surface area contributed by atoms with Crippen LogP contribution >= 0.6 is 0 Å². The van der Waals surface area contributed by atoms with Crippen molar-refractivity contribution in [2.24, 2.45) is 17.3 Å². The Labute approximate surface area is 110 Å². The number of nitrogens with one attached hydrogen (secondary N) is 1. The van der Waals surface area contributed by atoms with Gasteiger partial charge >= 0.3 is 5.97 Å². The molecule has 1 fully saturated rings. The Kier molecular flexibility index (Phi) is 3.03. The Morgan fingerprint density at radius 1 is 1.32 bits per heavy atom. The van der Waals surface area contributed by atoms with E-state index in [0.29, 0.717) is 11.3 Å². The zero-order valence-electron chi connectivity index (χ0n) is 10.7. The number of nitriles is 1. The van der Waals surface area contributed by atoms with Crippen molar-refractivity contribution in [3.63, 3.8) is 0 Å². The summed E-state index contributed by atoms with van der Waals surface area (Å²) in [7, 11) is 0. The van der Waals surface area contributed by atoms with Gasteiger partial charge in [0.25, 0.3) is 0 Å². The van der Waals surface area contributed by atoms with Gasteiger partial charge in [-0.2, -0.15) is 5.26 Å². The van der Waals surface area contributed by atoms with E-state index in [4.69, 9.17) is 10.4 Å². The molecule has 19 heavy (non-hydrogen) atoms. The van der Waals surface area contributed by atoms with Crippen LogP contribution in [0.4, 0.5) is 5.69 Å². The fourth-order valence-corrected chi connectivity index (χ4v) is 2.49. The maximum absolute atomic E-state index is 12.1. The van der Waals surface area contributed by atoms with E-state index in [0.717, 1.165) is 0 Å². The molecule has 1 aliphatic rings. The van der Waals surface area contributed by atoms with Gasteiger partial charge in [0, 0.05) is 0 Å². The third-order valence-electron chi connectivity index (χ3n) is 3.68.